The van der Waals surface area contributed by atoms with Crippen LogP contribution in [0.25, 0.3) is 11.4 Å². The minimum atomic E-state index is -0.0560. The van der Waals surface area contributed by atoms with Crippen molar-refractivity contribution in [2.75, 3.05) is 6.61 Å². The normalized spacial score (nSPS) is 11.0. The molecule has 0 saturated carbocycles. The van der Waals surface area contributed by atoms with Crippen molar-refractivity contribution >= 4 is 0 Å². The molecule has 0 aliphatic carbocycles. The van der Waals surface area contributed by atoms with Crippen molar-refractivity contribution in [2.45, 2.75) is 26.5 Å². The van der Waals surface area contributed by atoms with E-state index in [2.05, 4.69) is 14.6 Å². The Labute approximate surface area is 141 Å². The third-order valence-corrected chi connectivity index (χ3v) is 3.90. The summed E-state index contributed by atoms with van der Waals surface area (Å²) in [6.45, 7) is 3.27. The van der Waals surface area contributed by atoms with Crippen molar-refractivity contribution in [1.29, 1.82) is 0 Å². The first-order valence-electron chi connectivity index (χ1n) is 8.07. The van der Waals surface area contributed by atoms with Crippen LogP contribution in [-0.2, 0) is 26.6 Å². The Kier molecular flexibility index (Phi) is 4.96. The predicted molar refractivity (Wildman–Crippen MR) is 91.7 cm³/mol. The van der Waals surface area contributed by atoms with Crippen LogP contribution in [0, 0.1) is 0 Å². The standard InChI is InChI=1S/C18H22N4O2/c1-3-24-17-5-4-15(10-16(17)13-23)18-19-7-9-22(18)8-6-14-11-20-21(2)12-14/h4-5,7,9-12,23H,3,6,8,13H2,1-2H3. The summed E-state index contributed by atoms with van der Waals surface area (Å²) in [6.07, 6.45) is 8.57. The molecule has 0 fully saturated rings. The van der Waals surface area contributed by atoms with E-state index in [0.29, 0.717) is 6.61 Å². The second kappa shape index (κ2) is 7.31. The SMILES string of the molecule is CCOc1ccc(-c2nccn2CCc2cnn(C)c2)cc1CO. The van der Waals surface area contributed by atoms with E-state index in [9.17, 15) is 5.11 Å². The van der Waals surface area contributed by atoms with Gasteiger partial charge in [-0.1, -0.05) is 0 Å². The van der Waals surface area contributed by atoms with Gasteiger partial charge in [-0.2, -0.15) is 5.10 Å². The Bertz CT molecular complexity index is 807. The van der Waals surface area contributed by atoms with Crippen LogP contribution in [0.15, 0.2) is 43.0 Å². The summed E-state index contributed by atoms with van der Waals surface area (Å²) in [5, 5.41) is 13.8. The summed E-state index contributed by atoms with van der Waals surface area (Å²) in [7, 11) is 1.92. The van der Waals surface area contributed by atoms with E-state index in [1.807, 2.05) is 55.4 Å². The number of benzene rings is 1. The molecule has 0 bridgehead atoms. The number of hydrogen-bond acceptors (Lipinski definition) is 4. The van der Waals surface area contributed by atoms with Crippen LogP contribution in [0.3, 0.4) is 0 Å². The molecule has 0 spiro atoms. The van der Waals surface area contributed by atoms with Crippen LogP contribution in [0.2, 0.25) is 0 Å². The lowest BCUT2D eigenvalue weighted by Crippen LogP contribution is -2.03. The lowest BCUT2D eigenvalue weighted by molar-refractivity contribution is 0.267. The van der Waals surface area contributed by atoms with Gasteiger partial charge in [0.05, 0.1) is 19.4 Å². The topological polar surface area (TPSA) is 65.1 Å². The van der Waals surface area contributed by atoms with Crippen LogP contribution in [0.1, 0.15) is 18.1 Å². The van der Waals surface area contributed by atoms with Crippen molar-refractivity contribution in [3.05, 3.63) is 54.1 Å². The third kappa shape index (κ3) is 3.49. The number of rotatable bonds is 7. The van der Waals surface area contributed by atoms with E-state index in [-0.39, 0.29) is 6.61 Å². The fourth-order valence-corrected chi connectivity index (χ4v) is 2.74. The average molecular weight is 326 g/mol. The second-order valence-corrected chi connectivity index (χ2v) is 5.63. The Morgan fingerprint density at radius 1 is 1.29 bits per heavy atom. The number of aliphatic hydroxyl groups is 1. The molecule has 6 heteroatoms. The summed E-state index contributed by atoms with van der Waals surface area (Å²) < 4.78 is 9.47. The van der Waals surface area contributed by atoms with Gasteiger partial charge in [0.25, 0.3) is 0 Å². The van der Waals surface area contributed by atoms with Crippen LogP contribution in [0.4, 0.5) is 0 Å². The molecule has 24 heavy (non-hydrogen) atoms. The van der Waals surface area contributed by atoms with E-state index in [1.54, 1.807) is 6.20 Å². The number of aryl methyl sites for hydroxylation is 3. The average Bonchev–Trinajstić information content (AvgIpc) is 3.22. The summed E-state index contributed by atoms with van der Waals surface area (Å²) in [6, 6.07) is 5.81. The molecular formula is C18H22N4O2. The Hall–Kier alpha value is -2.60. The zero-order valence-corrected chi connectivity index (χ0v) is 14.0. The highest BCUT2D eigenvalue weighted by Crippen LogP contribution is 2.26. The lowest BCUT2D eigenvalue weighted by atomic mass is 10.1. The zero-order valence-electron chi connectivity index (χ0n) is 14.0. The molecule has 1 N–H and O–H groups in total. The quantitative estimate of drug-likeness (QED) is 0.724. The zero-order chi connectivity index (χ0) is 16.9. The highest BCUT2D eigenvalue weighted by Gasteiger charge is 2.10. The summed E-state index contributed by atoms with van der Waals surface area (Å²) >= 11 is 0. The van der Waals surface area contributed by atoms with Gasteiger partial charge in [0.1, 0.15) is 11.6 Å². The molecule has 1 aromatic carbocycles. The lowest BCUT2D eigenvalue weighted by Gasteiger charge is -2.12. The molecule has 126 valence electrons. The van der Waals surface area contributed by atoms with Crippen molar-refractivity contribution in [1.82, 2.24) is 19.3 Å². The van der Waals surface area contributed by atoms with Gasteiger partial charge in [-0.3, -0.25) is 4.68 Å². The maximum atomic E-state index is 9.57. The Balaban J connectivity index is 1.81. The molecule has 0 radical (unpaired) electrons. The Morgan fingerprint density at radius 3 is 2.88 bits per heavy atom. The molecule has 3 rings (SSSR count). The van der Waals surface area contributed by atoms with Gasteiger partial charge in [-0.15, -0.1) is 0 Å². The molecule has 0 amide bonds. The smallest absolute Gasteiger partial charge is 0.139 e. The minimum absolute atomic E-state index is 0.0560. The highest BCUT2D eigenvalue weighted by atomic mass is 16.5. The summed E-state index contributed by atoms with van der Waals surface area (Å²) in [4.78, 5) is 4.47. The minimum Gasteiger partial charge on any atom is -0.494 e. The number of aliphatic hydroxyl groups excluding tert-OH is 1. The van der Waals surface area contributed by atoms with Crippen LogP contribution >= 0.6 is 0 Å². The van der Waals surface area contributed by atoms with E-state index in [1.165, 1.54) is 5.56 Å². The number of nitrogens with zero attached hydrogens (tertiary/aromatic N) is 4. The van der Waals surface area contributed by atoms with E-state index < -0.39 is 0 Å². The Morgan fingerprint density at radius 2 is 2.17 bits per heavy atom. The number of hydrogen-bond donors (Lipinski definition) is 1. The second-order valence-electron chi connectivity index (χ2n) is 5.63. The van der Waals surface area contributed by atoms with E-state index >= 15 is 0 Å². The van der Waals surface area contributed by atoms with Crippen molar-refractivity contribution in [3.63, 3.8) is 0 Å². The first kappa shape index (κ1) is 16.3. The van der Waals surface area contributed by atoms with Gasteiger partial charge in [-0.05, 0) is 37.1 Å². The first-order valence-corrected chi connectivity index (χ1v) is 8.07. The third-order valence-electron chi connectivity index (χ3n) is 3.90. The van der Waals surface area contributed by atoms with Gasteiger partial charge in [0, 0.05) is 43.3 Å². The highest BCUT2D eigenvalue weighted by molar-refractivity contribution is 5.59. The number of imidazole rings is 1. The molecular weight excluding hydrogens is 304 g/mol. The molecule has 6 nitrogen and oxygen atoms in total. The molecule has 2 aromatic heterocycles. The van der Waals surface area contributed by atoms with Gasteiger partial charge in [-0.25, -0.2) is 4.98 Å². The summed E-state index contributed by atoms with van der Waals surface area (Å²) in [5.74, 6) is 1.61. The van der Waals surface area contributed by atoms with Crippen molar-refractivity contribution in [3.8, 4) is 17.1 Å². The van der Waals surface area contributed by atoms with Crippen LogP contribution in [-0.4, -0.2) is 31.0 Å². The maximum absolute atomic E-state index is 9.57. The van der Waals surface area contributed by atoms with Crippen molar-refractivity contribution in [2.24, 2.45) is 7.05 Å². The fourth-order valence-electron chi connectivity index (χ4n) is 2.74. The van der Waals surface area contributed by atoms with Crippen LogP contribution in [0.5, 0.6) is 5.75 Å². The van der Waals surface area contributed by atoms with Gasteiger partial charge >= 0.3 is 0 Å². The van der Waals surface area contributed by atoms with Crippen LogP contribution < -0.4 is 4.74 Å². The molecule has 0 aliphatic rings. The van der Waals surface area contributed by atoms with Gasteiger partial charge in [0.2, 0.25) is 0 Å². The predicted octanol–water partition coefficient (Wildman–Crippen LogP) is 2.42. The molecule has 0 aliphatic heterocycles. The monoisotopic (exact) mass is 326 g/mol. The largest absolute Gasteiger partial charge is 0.494 e. The first-order chi connectivity index (χ1) is 11.7. The van der Waals surface area contributed by atoms with Crippen molar-refractivity contribution < 1.29 is 9.84 Å². The number of aromatic nitrogens is 4. The van der Waals surface area contributed by atoms with Gasteiger partial charge < -0.3 is 14.4 Å². The number of ether oxygens (including phenoxy) is 1. The molecule has 3 aromatic rings. The van der Waals surface area contributed by atoms with E-state index in [0.717, 1.165) is 35.7 Å². The molecule has 0 saturated heterocycles. The maximum Gasteiger partial charge on any atom is 0.139 e. The summed E-state index contributed by atoms with van der Waals surface area (Å²) in [5.41, 5.74) is 2.94. The molecule has 0 atom stereocenters. The molecule has 0 unspecified atom stereocenters. The van der Waals surface area contributed by atoms with E-state index in [4.69, 9.17) is 4.74 Å². The van der Waals surface area contributed by atoms with Gasteiger partial charge in [0.15, 0.2) is 0 Å². The fraction of sp³-hybridized carbons (Fsp3) is 0.333. The molecule has 2 heterocycles.